The molecule has 7 nitrogen and oxygen atoms in total. The number of aromatic nitrogens is 4. The molecule has 1 aromatic carbocycles. The van der Waals surface area contributed by atoms with Crippen molar-refractivity contribution in [3.05, 3.63) is 70.9 Å². The molecule has 0 saturated carbocycles. The summed E-state index contributed by atoms with van der Waals surface area (Å²) in [5.41, 5.74) is 2.04. The van der Waals surface area contributed by atoms with E-state index in [1.807, 2.05) is 23.6 Å². The number of amides is 1. The highest BCUT2D eigenvalue weighted by atomic mass is 32.1. The van der Waals surface area contributed by atoms with E-state index in [0.717, 1.165) is 11.3 Å². The molecule has 0 unspecified atom stereocenters. The number of rotatable bonds is 4. The molecule has 3 aromatic heterocycles. The minimum Gasteiger partial charge on any atom is -0.300 e. The molecule has 0 radical (unpaired) electrons. The molecule has 3 heterocycles. The first-order valence-electron chi connectivity index (χ1n) is 7.81. The number of benzene rings is 1. The standard InChI is InChI=1S/C18H13N5O2S/c24-16(9-23-11-20-14-4-2-1-3-13(14)17(23)25)22-18-21-15(10-26-18)12-5-7-19-8-6-12/h1-8,10-11H,9H2,(H,21,22,24). The number of pyridine rings is 1. The van der Waals surface area contributed by atoms with Crippen LogP contribution >= 0.6 is 11.3 Å². The second kappa shape index (κ2) is 6.85. The van der Waals surface area contributed by atoms with Gasteiger partial charge in [-0.25, -0.2) is 9.97 Å². The number of para-hydroxylation sites is 1. The Balaban J connectivity index is 1.51. The number of fused-ring (bicyclic) bond motifs is 1. The Kier molecular flexibility index (Phi) is 4.24. The van der Waals surface area contributed by atoms with E-state index in [9.17, 15) is 9.59 Å². The van der Waals surface area contributed by atoms with E-state index in [-0.39, 0.29) is 18.0 Å². The molecule has 0 aliphatic rings. The quantitative estimate of drug-likeness (QED) is 0.602. The number of hydrogen-bond acceptors (Lipinski definition) is 6. The third-order valence-corrected chi connectivity index (χ3v) is 4.53. The van der Waals surface area contributed by atoms with Crippen LogP contribution in [-0.2, 0) is 11.3 Å². The Bertz CT molecular complexity index is 1140. The monoisotopic (exact) mass is 363 g/mol. The first-order chi connectivity index (χ1) is 12.7. The van der Waals surface area contributed by atoms with Gasteiger partial charge in [-0.15, -0.1) is 11.3 Å². The van der Waals surface area contributed by atoms with Gasteiger partial charge in [0.15, 0.2) is 5.13 Å². The number of thiazole rings is 1. The highest BCUT2D eigenvalue weighted by molar-refractivity contribution is 7.14. The fraction of sp³-hybridized carbons (Fsp3) is 0.0556. The Morgan fingerprint density at radius 1 is 1.15 bits per heavy atom. The fourth-order valence-electron chi connectivity index (χ4n) is 2.52. The van der Waals surface area contributed by atoms with Crippen LogP contribution in [0, 0.1) is 0 Å². The third kappa shape index (κ3) is 3.22. The van der Waals surface area contributed by atoms with E-state index in [1.54, 1.807) is 30.6 Å². The van der Waals surface area contributed by atoms with E-state index in [2.05, 4.69) is 20.3 Å². The highest BCUT2D eigenvalue weighted by Crippen LogP contribution is 2.24. The van der Waals surface area contributed by atoms with Crippen molar-refractivity contribution in [3.8, 4) is 11.3 Å². The zero-order chi connectivity index (χ0) is 17.9. The summed E-state index contributed by atoms with van der Waals surface area (Å²) in [6.07, 6.45) is 4.76. The van der Waals surface area contributed by atoms with Crippen LogP contribution in [0.3, 0.4) is 0 Å². The van der Waals surface area contributed by atoms with Crippen molar-refractivity contribution in [2.24, 2.45) is 0 Å². The van der Waals surface area contributed by atoms with Gasteiger partial charge in [-0.2, -0.15) is 0 Å². The highest BCUT2D eigenvalue weighted by Gasteiger charge is 2.11. The van der Waals surface area contributed by atoms with Gasteiger partial charge >= 0.3 is 0 Å². The zero-order valence-electron chi connectivity index (χ0n) is 13.5. The lowest BCUT2D eigenvalue weighted by Crippen LogP contribution is -2.27. The van der Waals surface area contributed by atoms with Crippen molar-refractivity contribution < 1.29 is 4.79 Å². The molecule has 0 fully saturated rings. The predicted molar refractivity (Wildman–Crippen MR) is 100.0 cm³/mol. The van der Waals surface area contributed by atoms with Crippen LogP contribution in [-0.4, -0.2) is 25.4 Å². The summed E-state index contributed by atoms with van der Waals surface area (Å²) in [6.45, 7) is -0.124. The van der Waals surface area contributed by atoms with Gasteiger partial charge in [0, 0.05) is 23.3 Å². The Labute approximate surface area is 152 Å². The fourth-order valence-corrected chi connectivity index (χ4v) is 3.25. The molecule has 0 spiro atoms. The van der Waals surface area contributed by atoms with Gasteiger partial charge in [-0.05, 0) is 24.3 Å². The molecule has 26 heavy (non-hydrogen) atoms. The zero-order valence-corrected chi connectivity index (χ0v) is 14.3. The normalized spacial score (nSPS) is 10.8. The minimum absolute atomic E-state index is 0.124. The molecule has 0 aliphatic carbocycles. The topological polar surface area (TPSA) is 89.8 Å². The lowest BCUT2D eigenvalue weighted by molar-refractivity contribution is -0.116. The summed E-state index contributed by atoms with van der Waals surface area (Å²) >= 11 is 1.32. The Hall–Kier alpha value is -3.39. The van der Waals surface area contributed by atoms with Gasteiger partial charge < -0.3 is 5.32 Å². The average molecular weight is 363 g/mol. The van der Waals surface area contributed by atoms with Gasteiger partial charge in [-0.3, -0.25) is 19.1 Å². The van der Waals surface area contributed by atoms with Gasteiger partial charge in [0.2, 0.25) is 5.91 Å². The number of hydrogen-bond donors (Lipinski definition) is 1. The molecule has 1 N–H and O–H groups in total. The van der Waals surface area contributed by atoms with Gasteiger partial charge in [0.1, 0.15) is 6.54 Å². The van der Waals surface area contributed by atoms with Gasteiger partial charge in [0.25, 0.3) is 5.56 Å². The van der Waals surface area contributed by atoms with Crippen molar-refractivity contribution in [3.63, 3.8) is 0 Å². The lowest BCUT2D eigenvalue weighted by atomic mass is 10.2. The Morgan fingerprint density at radius 2 is 1.96 bits per heavy atom. The van der Waals surface area contributed by atoms with Crippen molar-refractivity contribution >= 4 is 33.3 Å². The van der Waals surface area contributed by atoms with Crippen molar-refractivity contribution in [1.29, 1.82) is 0 Å². The van der Waals surface area contributed by atoms with E-state index in [0.29, 0.717) is 16.0 Å². The number of carbonyl (C=O) groups excluding carboxylic acids is 1. The van der Waals surface area contributed by atoms with E-state index in [1.165, 1.54) is 22.2 Å². The largest absolute Gasteiger partial charge is 0.300 e. The SMILES string of the molecule is O=C(Cn1cnc2ccccc2c1=O)Nc1nc(-c2ccncc2)cs1. The molecular weight excluding hydrogens is 350 g/mol. The predicted octanol–water partition coefficient (Wildman–Crippen LogP) is 2.55. The lowest BCUT2D eigenvalue weighted by Gasteiger charge is -2.06. The molecular formula is C18H13N5O2S. The van der Waals surface area contributed by atoms with Crippen LogP contribution in [0.15, 0.2) is 65.3 Å². The second-order valence-corrected chi connectivity index (χ2v) is 6.37. The number of carbonyl (C=O) groups is 1. The third-order valence-electron chi connectivity index (χ3n) is 3.77. The summed E-state index contributed by atoms with van der Waals surface area (Å²) in [5.74, 6) is -0.334. The smallest absolute Gasteiger partial charge is 0.261 e. The van der Waals surface area contributed by atoms with E-state index in [4.69, 9.17) is 0 Å². The van der Waals surface area contributed by atoms with Gasteiger partial charge in [-0.1, -0.05) is 12.1 Å². The molecule has 0 bridgehead atoms. The molecule has 0 saturated heterocycles. The summed E-state index contributed by atoms with van der Waals surface area (Å²) in [5, 5.41) is 5.54. The van der Waals surface area contributed by atoms with Gasteiger partial charge in [0.05, 0.1) is 22.9 Å². The summed E-state index contributed by atoms with van der Waals surface area (Å²) in [7, 11) is 0. The van der Waals surface area contributed by atoms with Crippen LogP contribution in [0.1, 0.15) is 0 Å². The minimum atomic E-state index is -0.334. The summed E-state index contributed by atoms with van der Waals surface area (Å²) in [4.78, 5) is 37.3. The molecule has 1 amide bonds. The van der Waals surface area contributed by atoms with E-state index >= 15 is 0 Å². The molecule has 4 aromatic rings. The Morgan fingerprint density at radius 3 is 2.81 bits per heavy atom. The maximum absolute atomic E-state index is 12.4. The number of nitrogens with zero attached hydrogens (tertiary/aromatic N) is 4. The first-order valence-corrected chi connectivity index (χ1v) is 8.68. The maximum Gasteiger partial charge on any atom is 0.261 e. The van der Waals surface area contributed by atoms with Crippen LogP contribution in [0.2, 0.25) is 0 Å². The number of anilines is 1. The van der Waals surface area contributed by atoms with Crippen LogP contribution in [0.4, 0.5) is 5.13 Å². The van der Waals surface area contributed by atoms with Crippen molar-refractivity contribution in [1.82, 2.24) is 19.5 Å². The number of nitrogens with one attached hydrogen (secondary N) is 1. The first kappa shape index (κ1) is 16.1. The van der Waals surface area contributed by atoms with E-state index < -0.39 is 0 Å². The maximum atomic E-state index is 12.4. The summed E-state index contributed by atoms with van der Waals surface area (Å²) in [6, 6.07) is 10.7. The van der Waals surface area contributed by atoms with Crippen molar-refractivity contribution in [2.75, 3.05) is 5.32 Å². The van der Waals surface area contributed by atoms with Crippen LogP contribution in [0.5, 0.6) is 0 Å². The average Bonchev–Trinajstić information content (AvgIpc) is 3.13. The molecule has 128 valence electrons. The molecule has 0 aliphatic heterocycles. The van der Waals surface area contributed by atoms with Crippen LogP contribution < -0.4 is 10.9 Å². The molecule has 0 atom stereocenters. The molecule has 8 heteroatoms. The molecule has 4 rings (SSSR count). The van der Waals surface area contributed by atoms with Crippen molar-refractivity contribution in [2.45, 2.75) is 6.54 Å². The van der Waals surface area contributed by atoms with Crippen LogP contribution in [0.25, 0.3) is 22.2 Å². The second-order valence-electron chi connectivity index (χ2n) is 5.52. The summed E-state index contributed by atoms with van der Waals surface area (Å²) < 4.78 is 1.29.